The Morgan fingerprint density at radius 2 is 1.84 bits per heavy atom. The van der Waals surface area contributed by atoms with Crippen molar-refractivity contribution < 1.29 is 9.72 Å². The summed E-state index contributed by atoms with van der Waals surface area (Å²) in [5.74, 6) is 0.182. The summed E-state index contributed by atoms with van der Waals surface area (Å²) in [5.41, 5.74) is 2.71. The number of hydrogen-bond acceptors (Lipinski definition) is 3. The third-order valence-corrected chi connectivity index (χ3v) is 3.45. The standard InChI is InChI=1S/C14H12N2O3/c17-14-3-1-2-13-12(14)8-9-15(13)10-4-6-11(7-5-10)16(18)19/h4-9H,1-3H2. The summed E-state index contributed by atoms with van der Waals surface area (Å²) in [6.45, 7) is 0. The zero-order valence-corrected chi connectivity index (χ0v) is 10.2. The Hall–Kier alpha value is -2.43. The lowest BCUT2D eigenvalue weighted by atomic mass is 9.97. The van der Waals surface area contributed by atoms with Gasteiger partial charge >= 0.3 is 0 Å². The number of nitro benzene ring substituents is 1. The van der Waals surface area contributed by atoms with Gasteiger partial charge in [-0.25, -0.2) is 0 Å². The van der Waals surface area contributed by atoms with Crippen molar-refractivity contribution in [3.8, 4) is 5.69 Å². The lowest BCUT2D eigenvalue weighted by Crippen LogP contribution is -2.12. The molecular weight excluding hydrogens is 244 g/mol. The monoisotopic (exact) mass is 256 g/mol. The number of carbonyl (C=O) groups is 1. The Labute approximate surface area is 109 Å². The van der Waals surface area contributed by atoms with Crippen LogP contribution in [0.15, 0.2) is 36.5 Å². The van der Waals surface area contributed by atoms with Gasteiger partial charge in [0.25, 0.3) is 5.69 Å². The number of aromatic nitrogens is 1. The van der Waals surface area contributed by atoms with E-state index >= 15 is 0 Å². The average molecular weight is 256 g/mol. The second-order valence-corrected chi connectivity index (χ2v) is 4.60. The van der Waals surface area contributed by atoms with Crippen molar-refractivity contribution in [3.05, 3.63) is 57.9 Å². The van der Waals surface area contributed by atoms with Gasteiger partial charge in [0.1, 0.15) is 0 Å². The molecule has 5 nitrogen and oxygen atoms in total. The highest BCUT2D eigenvalue weighted by Gasteiger charge is 2.21. The molecule has 1 aliphatic rings. The molecule has 0 amide bonds. The molecule has 0 atom stereocenters. The molecule has 96 valence electrons. The first kappa shape index (κ1) is 11.6. The molecular formula is C14H12N2O3. The molecule has 3 rings (SSSR count). The third-order valence-electron chi connectivity index (χ3n) is 3.45. The largest absolute Gasteiger partial charge is 0.320 e. The van der Waals surface area contributed by atoms with Gasteiger partial charge < -0.3 is 4.57 Å². The van der Waals surface area contributed by atoms with Crippen LogP contribution in [-0.4, -0.2) is 15.3 Å². The van der Waals surface area contributed by atoms with Gasteiger partial charge in [0.05, 0.1) is 4.92 Å². The Morgan fingerprint density at radius 3 is 2.53 bits per heavy atom. The van der Waals surface area contributed by atoms with Crippen molar-refractivity contribution in [2.75, 3.05) is 0 Å². The Kier molecular flexibility index (Phi) is 2.67. The number of nitrogens with zero attached hydrogens (tertiary/aromatic N) is 2. The fraction of sp³-hybridized carbons (Fsp3) is 0.214. The molecule has 19 heavy (non-hydrogen) atoms. The van der Waals surface area contributed by atoms with E-state index in [1.165, 1.54) is 12.1 Å². The van der Waals surface area contributed by atoms with E-state index in [1.54, 1.807) is 12.1 Å². The lowest BCUT2D eigenvalue weighted by molar-refractivity contribution is -0.384. The molecule has 0 unspecified atom stereocenters. The van der Waals surface area contributed by atoms with Gasteiger partial charge in [-0.15, -0.1) is 0 Å². The van der Waals surface area contributed by atoms with Crippen LogP contribution >= 0.6 is 0 Å². The Balaban J connectivity index is 2.03. The van der Waals surface area contributed by atoms with Crippen LogP contribution in [0, 0.1) is 10.1 Å². The number of carbonyl (C=O) groups excluding carboxylic acids is 1. The first-order chi connectivity index (χ1) is 9.16. The van der Waals surface area contributed by atoms with Crippen molar-refractivity contribution >= 4 is 11.5 Å². The summed E-state index contributed by atoms with van der Waals surface area (Å²) >= 11 is 0. The van der Waals surface area contributed by atoms with Gasteiger partial charge in [-0.3, -0.25) is 14.9 Å². The predicted molar refractivity (Wildman–Crippen MR) is 69.7 cm³/mol. The third kappa shape index (κ3) is 1.93. The molecule has 0 fully saturated rings. The molecule has 1 aromatic carbocycles. The molecule has 0 N–H and O–H groups in total. The summed E-state index contributed by atoms with van der Waals surface area (Å²) in [7, 11) is 0. The SMILES string of the molecule is O=C1CCCc2c1ccn2-c1ccc([N+](=O)[O-])cc1. The molecule has 2 aromatic rings. The fourth-order valence-corrected chi connectivity index (χ4v) is 2.50. The molecule has 0 aliphatic heterocycles. The molecule has 0 bridgehead atoms. The zero-order chi connectivity index (χ0) is 13.4. The van der Waals surface area contributed by atoms with Gasteiger partial charge in [-0.1, -0.05) is 0 Å². The minimum absolute atomic E-state index is 0.0702. The van der Waals surface area contributed by atoms with Crippen LogP contribution in [0.5, 0.6) is 0 Å². The van der Waals surface area contributed by atoms with Crippen LogP contribution in [0.3, 0.4) is 0 Å². The molecule has 1 aliphatic carbocycles. The van der Waals surface area contributed by atoms with E-state index in [0.717, 1.165) is 29.8 Å². The van der Waals surface area contributed by atoms with E-state index in [-0.39, 0.29) is 11.5 Å². The lowest BCUT2D eigenvalue weighted by Gasteiger charge is -2.14. The summed E-state index contributed by atoms with van der Waals surface area (Å²) in [6.07, 6.45) is 4.19. The highest BCUT2D eigenvalue weighted by atomic mass is 16.6. The Bertz CT molecular complexity index is 656. The molecule has 1 heterocycles. The van der Waals surface area contributed by atoms with Gasteiger partial charge in [-0.05, 0) is 31.0 Å². The van der Waals surface area contributed by atoms with E-state index in [2.05, 4.69) is 0 Å². The van der Waals surface area contributed by atoms with Gasteiger partial charge in [0.15, 0.2) is 5.78 Å². The summed E-state index contributed by atoms with van der Waals surface area (Å²) in [5, 5.41) is 10.6. The van der Waals surface area contributed by atoms with E-state index in [0.29, 0.717) is 6.42 Å². The first-order valence-corrected chi connectivity index (χ1v) is 6.15. The van der Waals surface area contributed by atoms with Crippen LogP contribution in [0.1, 0.15) is 28.9 Å². The molecule has 0 saturated heterocycles. The maximum Gasteiger partial charge on any atom is 0.269 e. The van der Waals surface area contributed by atoms with Crippen LogP contribution in [0.25, 0.3) is 5.69 Å². The minimum atomic E-state index is -0.418. The van der Waals surface area contributed by atoms with Gasteiger partial charge in [0, 0.05) is 41.7 Å². The number of hydrogen-bond donors (Lipinski definition) is 0. The van der Waals surface area contributed by atoms with E-state index < -0.39 is 4.92 Å². The zero-order valence-electron chi connectivity index (χ0n) is 10.2. The topological polar surface area (TPSA) is 65.1 Å². The van der Waals surface area contributed by atoms with E-state index in [9.17, 15) is 14.9 Å². The molecule has 0 spiro atoms. The maximum absolute atomic E-state index is 11.8. The van der Waals surface area contributed by atoms with Crippen molar-refractivity contribution in [3.63, 3.8) is 0 Å². The number of ketones is 1. The van der Waals surface area contributed by atoms with Crippen LogP contribution in [0.4, 0.5) is 5.69 Å². The van der Waals surface area contributed by atoms with Crippen molar-refractivity contribution in [2.24, 2.45) is 0 Å². The van der Waals surface area contributed by atoms with Crippen molar-refractivity contribution in [1.29, 1.82) is 0 Å². The number of nitro groups is 1. The number of fused-ring (bicyclic) bond motifs is 1. The molecule has 0 saturated carbocycles. The maximum atomic E-state index is 11.8. The van der Waals surface area contributed by atoms with Crippen LogP contribution < -0.4 is 0 Å². The number of non-ortho nitro benzene ring substituents is 1. The van der Waals surface area contributed by atoms with E-state index in [1.807, 2.05) is 16.8 Å². The number of Topliss-reactive ketones (excluding diaryl/α,β-unsaturated/α-hetero) is 1. The normalized spacial score (nSPS) is 14.2. The first-order valence-electron chi connectivity index (χ1n) is 6.15. The van der Waals surface area contributed by atoms with Crippen LogP contribution in [-0.2, 0) is 6.42 Å². The number of rotatable bonds is 2. The smallest absolute Gasteiger partial charge is 0.269 e. The van der Waals surface area contributed by atoms with E-state index in [4.69, 9.17) is 0 Å². The summed E-state index contributed by atoms with van der Waals surface area (Å²) in [6, 6.07) is 8.20. The van der Waals surface area contributed by atoms with Gasteiger partial charge in [-0.2, -0.15) is 0 Å². The second kappa shape index (κ2) is 4.35. The quantitative estimate of drug-likeness (QED) is 0.613. The minimum Gasteiger partial charge on any atom is -0.320 e. The fourth-order valence-electron chi connectivity index (χ4n) is 2.50. The summed E-state index contributed by atoms with van der Waals surface area (Å²) < 4.78 is 1.94. The number of benzene rings is 1. The molecule has 5 heteroatoms. The molecule has 1 aromatic heterocycles. The summed E-state index contributed by atoms with van der Waals surface area (Å²) in [4.78, 5) is 22.0. The highest BCUT2D eigenvalue weighted by molar-refractivity contribution is 5.98. The highest BCUT2D eigenvalue weighted by Crippen LogP contribution is 2.26. The van der Waals surface area contributed by atoms with Gasteiger partial charge in [0.2, 0.25) is 0 Å². The van der Waals surface area contributed by atoms with Crippen molar-refractivity contribution in [2.45, 2.75) is 19.3 Å². The van der Waals surface area contributed by atoms with Crippen molar-refractivity contribution in [1.82, 2.24) is 4.57 Å². The predicted octanol–water partition coefficient (Wildman–Crippen LogP) is 2.90. The second-order valence-electron chi connectivity index (χ2n) is 4.60. The molecule has 0 radical (unpaired) electrons. The Morgan fingerprint density at radius 1 is 1.11 bits per heavy atom. The van der Waals surface area contributed by atoms with Crippen LogP contribution in [0.2, 0.25) is 0 Å². The average Bonchev–Trinajstić information content (AvgIpc) is 2.84.